The Hall–Kier alpha value is -2.92. The normalized spacial score (nSPS) is 15.1. The maximum atomic E-state index is 13.9. The Bertz CT molecular complexity index is 924. The molecule has 5 heteroatoms. The Balaban J connectivity index is 1.51. The van der Waals surface area contributed by atoms with Crippen molar-refractivity contribution >= 4 is 5.91 Å². The first kappa shape index (κ1) is 17.5. The van der Waals surface area contributed by atoms with Crippen LogP contribution in [0.1, 0.15) is 33.3 Å². The first-order valence-corrected chi connectivity index (χ1v) is 9.09. The lowest BCUT2D eigenvalue weighted by molar-refractivity contribution is 0.0915. The zero-order chi connectivity index (χ0) is 18.6. The second kappa shape index (κ2) is 7.76. The summed E-state index contributed by atoms with van der Waals surface area (Å²) in [5, 5.41) is 2.87. The Morgan fingerprint density at radius 2 is 1.85 bits per heavy atom. The van der Waals surface area contributed by atoms with Crippen LogP contribution in [0.2, 0.25) is 0 Å². The highest BCUT2D eigenvalue weighted by Crippen LogP contribution is 2.28. The fourth-order valence-corrected chi connectivity index (χ4v) is 3.60. The number of hydrogen-bond donors (Lipinski definition) is 1. The molecule has 2 aromatic carbocycles. The van der Waals surface area contributed by atoms with Gasteiger partial charge in [0, 0.05) is 19.6 Å². The summed E-state index contributed by atoms with van der Waals surface area (Å²) < 4.78 is 19.5. The monoisotopic (exact) mass is 364 g/mol. The van der Waals surface area contributed by atoms with Crippen molar-refractivity contribution in [3.63, 3.8) is 0 Å². The first-order valence-electron chi connectivity index (χ1n) is 9.09. The van der Waals surface area contributed by atoms with Gasteiger partial charge in [-0.1, -0.05) is 36.4 Å². The molecular formula is C22H21FN2O2. The molecule has 2 heterocycles. The highest BCUT2D eigenvalue weighted by molar-refractivity contribution is 5.94. The smallest absolute Gasteiger partial charge is 0.254 e. The number of halogens is 1. The molecule has 3 aromatic rings. The Morgan fingerprint density at radius 1 is 1.07 bits per heavy atom. The zero-order valence-corrected chi connectivity index (χ0v) is 14.9. The van der Waals surface area contributed by atoms with Crippen LogP contribution in [0.25, 0.3) is 0 Å². The van der Waals surface area contributed by atoms with Crippen LogP contribution in [-0.2, 0) is 13.0 Å². The van der Waals surface area contributed by atoms with Crippen molar-refractivity contribution in [2.75, 3.05) is 13.1 Å². The number of fused-ring (bicyclic) bond motifs is 1. The Labute approximate surface area is 157 Å². The number of hydrogen-bond acceptors (Lipinski definition) is 3. The van der Waals surface area contributed by atoms with E-state index in [0.717, 1.165) is 25.3 Å². The van der Waals surface area contributed by atoms with E-state index in [1.807, 2.05) is 18.2 Å². The quantitative estimate of drug-likeness (QED) is 0.746. The summed E-state index contributed by atoms with van der Waals surface area (Å²) in [6.07, 6.45) is 2.59. The lowest BCUT2D eigenvalue weighted by Gasteiger charge is -2.34. The third kappa shape index (κ3) is 3.78. The number of rotatable bonds is 5. The highest BCUT2D eigenvalue weighted by Gasteiger charge is 2.27. The van der Waals surface area contributed by atoms with E-state index in [1.54, 1.807) is 18.4 Å². The number of nitrogens with one attached hydrogen (secondary N) is 1. The molecule has 0 saturated carbocycles. The summed E-state index contributed by atoms with van der Waals surface area (Å²) in [4.78, 5) is 14.7. The molecule has 0 aliphatic carbocycles. The molecule has 0 unspecified atom stereocenters. The van der Waals surface area contributed by atoms with Gasteiger partial charge in [0.05, 0.1) is 17.9 Å². The molecule has 1 aliphatic rings. The van der Waals surface area contributed by atoms with Crippen LogP contribution in [0, 0.1) is 5.82 Å². The fourth-order valence-electron chi connectivity index (χ4n) is 3.60. The number of carbonyl (C=O) groups excluding carboxylic acids is 1. The molecule has 1 N–H and O–H groups in total. The molecule has 1 aliphatic heterocycles. The van der Waals surface area contributed by atoms with Gasteiger partial charge >= 0.3 is 0 Å². The minimum Gasteiger partial charge on any atom is -0.468 e. The number of carbonyl (C=O) groups is 1. The maximum absolute atomic E-state index is 13.9. The van der Waals surface area contributed by atoms with Crippen molar-refractivity contribution in [2.45, 2.75) is 19.0 Å². The van der Waals surface area contributed by atoms with E-state index >= 15 is 0 Å². The fraction of sp³-hybridized carbons (Fsp3) is 0.227. The lowest BCUT2D eigenvalue weighted by Crippen LogP contribution is -2.40. The second-order valence-corrected chi connectivity index (χ2v) is 6.71. The predicted octanol–water partition coefficient (Wildman–Crippen LogP) is 3.95. The van der Waals surface area contributed by atoms with E-state index in [-0.39, 0.29) is 11.6 Å². The topological polar surface area (TPSA) is 45.5 Å². The predicted molar refractivity (Wildman–Crippen MR) is 101 cm³/mol. The summed E-state index contributed by atoms with van der Waals surface area (Å²) >= 11 is 0. The molecule has 138 valence electrons. The summed E-state index contributed by atoms with van der Waals surface area (Å²) in [6, 6.07) is 18.1. The van der Waals surface area contributed by atoms with E-state index < -0.39 is 11.7 Å². The van der Waals surface area contributed by atoms with Crippen LogP contribution in [0.5, 0.6) is 0 Å². The first-order chi connectivity index (χ1) is 13.2. The number of furan rings is 1. The maximum Gasteiger partial charge on any atom is 0.254 e. The van der Waals surface area contributed by atoms with Crippen molar-refractivity contribution in [3.05, 3.63) is 95.2 Å². The van der Waals surface area contributed by atoms with E-state index in [2.05, 4.69) is 28.4 Å². The minimum atomic E-state index is -0.517. The summed E-state index contributed by atoms with van der Waals surface area (Å²) in [7, 11) is 0. The minimum absolute atomic E-state index is 0.0553. The average Bonchev–Trinajstić information content (AvgIpc) is 3.23. The number of nitrogens with zero attached hydrogens (tertiary/aromatic N) is 1. The van der Waals surface area contributed by atoms with E-state index in [9.17, 15) is 9.18 Å². The lowest BCUT2D eigenvalue weighted by atomic mass is 9.98. The van der Waals surface area contributed by atoms with Crippen LogP contribution < -0.4 is 5.32 Å². The number of amides is 1. The second-order valence-electron chi connectivity index (χ2n) is 6.71. The van der Waals surface area contributed by atoms with Crippen molar-refractivity contribution in [1.82, 2.24) is 10.2 Å². The van der Waals surface area contributed by atoms with Gasteiger partial charge in [0.25, 0.3) is 5.91 Å². The van der Waals surface area contributed by atoms with E-state index in [0.29, 0.717) is 6.54 Å². The van der Waals surface area contributed by atoms with Gasteiger partial charge in [-0.2, -0.15) is 0 Å². The van der Waals surface area contributed by atoms with Gasteiger partial charge in [-0.15, -0.1) is 0 Å². The summed E-state index contributed by atoms with van der Waals surface area (Å²) in [6.45, 7) is 2.01. The standard InChI is InChI=1S/C22H21FN2O2/c23-19-9-4-3-8-18(19)22(26)24-14-20(21-10-5-13-27-21)25-12-11-16-6-1-2-7-17(16)15-25/h1-10,13,20H,11-12,14-15H2,(H,24,26)/t20-/m1/s1. The van der Waals surface area contributed by atoms with E-state index in [4.69, 9.17) is 4.42 Å². The van der Waals surface area contributed by atoms with Crippen LogP contribution >= 0.6 is 0 Å². The van der Waals surface area contributed by atoms with Gasteiger partial charge in [-0.05, 0) is 41.8 Å². The molecular weight excluding hydrogens is 343 g/mol. The van der Waals surface area contributed by atoms with E-state index in [1.165, 1.54) is 23.3 Å². The molecule has 1 amide bonds. The highest BCUT2D eigenvalue weighted by atomic mass is 19.1. The van der Waals surface area contributed by atoms with Crippen molar-refractivity contribution in [2.24, 2.45) is 0 Å². The van der Waals surface area contributed by atoms with Crippen LogP contribution in [0.3, 0.4) is 0 Å². The molecule has 0 radical (unpaired) electrons. The van der Waals surface area contributed by atoms with Crippen molar-refractivity contribution < 1.29 is 13.6 Å². The molecule has 4 nitrogen and oxygen atoms in total. The molecule has 1 atom stereocenters. The van der Waals surface area contributed by atoms with Gasteiger partial charge in [-0.25, -0.2) is 4.39 Å². The molecule has 1 aromatic heterocycles. The molecule has 0 saturated heterocycles. The van der Waals surface area contributed by atoms with Crippen molar-refractivity contribution in [1.29, 1.82) is 0 Å². The molecule has 4 rings (SSSR count). The van der Waals surface area contributed by atoms with Gasteiger partial charge in [-0.3, -0.25) is 9.69 Å². The third-order valence-electron chi connectivity index (χ3n) is 5.05. The SMILES string of the molecule is O=C(NC[C@H](c1ccco1)N1CCc2ccccc2C1)c1ccccc1F. The van der Waals surface area contributed by atoms with Gasteiger partial charge < -0.3 is 9.73 Å². The summed E-state index contributed by atoms with van der Waals surface area (Å²) in [5.74, 6) is -0.137. The molecule has 0 spiro atoms. The zero-order valence-electron chi connectivity index (χ0n) is 14.9. The van der Waals surface area contributed by atoms with Crippen LogP contribution in [-0.4, -0.2) is 23.9 Å². The van der Waals surface area contributed by atoms with Crippen LogP contribution in [0.15, 0.2) is 71.3 Å². The Kier molecular flexibility index (Phi) is 5.03. The Morgan fingerprint density at radius 3 is 2.63 bits per heavy atom. The number of benzene rings is 2. The molecule has 0 fully saturated rings. The third-order valence-corrected chi connectivity index (χ3v) is 5.05. The molecule has 27 heavy (non-hydrogen) atoms. The van der Waals surface area contributed by atoms with Gasteiger partial charge in [0.2, 0.25) is 0 Å². The van der Waals surface area contributed by atoms with Crippen molar-refractivity contribution in [3.8, 4) is 0 Å². The average molecular weight is 364 g/mol. The summed E-state index contributed by atoms with van der Waals surface area (Å²) in [5.41, 5.74) is 2.71. The largest absolute Gasteiger partial charge is 0.468 e. The molecule has 0 bridgehead atoms. The van der Waals surface area contributed by atoms with Crippen LogP contribution in [0.4, 0.5) is 4.39 Å². The van der Waals surface area contributed by atoms with Gasteiger partial charge in [0.15, 0.2) is 0 Å². The van der Waals surface area contributed by atoms with Gasteiger partial charge in [0.1, 0.15) is 11.6 Å².